The molecule has 10 heteroatoms. The van der Waals surface area contributed by atoms with Crippen molar-refractivity contribution in [2.24, 2.45) is 17.6 Å². The lowest BCUT2D eigenvalue weighted by Crippen LogP contribution is -2.45. The minimum absolute atomic E-state index is 0.0289. The second-order valence-corrected chi connectivity index (χ2v) is 10.4. The van der Waals surface area contributed by atoms with Gasteiger partial charge in [-0.25, -0.2) is 12.7 Å². The lowest BCUT2D eigenvalue weighted by Gasteiger charge is -2.32. The molecule has 3 fully saturated rings. The Morgan fingerprint density at radius 3 is 2.34 bits per heavy atom. The smallest absolute Gasteiger partial charge is 0.241 e. The summed E-state index contributed by atoms with van der Waals surface area (Å²) in [4.78, 5) is 40.9. The molecule has 164 valence electrons. The Hall–Kier alpha value is -1.68. The number of nitrogens with two attached hydrogens (primary N) is 1. The van der Waals surface area contributed by atoms with Crippen LogP contribution in [-0.2, 0) is 24.4 Å². The SMILES string of the molecule is CCCC1C(=O)N(S(C)(=O)=O)C2CCN(C(=O)CCN3CCC(C(N)=O)CC3)C12. The molecule has 2 N–H and O–H groups in total. The molecule has 0 aromatic carbocycles. The molecule has 3 saturated heterocycles. The third-order valence-electron chi connectivity index (χ3n) is 6.58. The zero-order valence-corrected chi connectivity index (χ0v) is 18.1. The number of sulfonamides is 1. The molecule has 3 heterocycles. The number of primary amides is 1. The molecule has 3 unspecified atom stereocenters. The predicted molar refractivity (Wildman–Crippen MR) is 107 cm³/mol. The van der Waals surface area contributed by atoms with E-state index in [9.17, 15) is 22.8 Å². The molecule has 0 aromatic heterocycles. The van der Waals surface area contributed by atoms with Crippen LogP contribution in [0, 0.1) is 11.8 Å². The van der Waals surface area contributed by atoms with Crippen LogP contribution in [0.2, 0.25) is 0 Å². The summed E-state index contributed by atoms with van der Waals surface area (Å²) in [5.74, 6) is -1.18. The van der Waals surface area contributed by atoms with E-state index in [1.54, 1.807) is 4.90 Å². The molecule has 0 bridgehead atoms. The standard InChI is InChI=1S/C19H32N4O5S/c1-3-4-14-17-15(23(19(14)26)29(2,27)28)7-12-22(17)16(24)8-11-21-9-5-13(6-10-21)18(20)25/h13-15,17H,3-12H2,1-2H3,(H2,20,25). The van der Waals surface area contributed by atoms with Gasteiger partial charge in [0, 0.05) is 25.4 Å². The van der Waals surface area contributed by atoms with Crippen molar-refractivity contribution in [1.29, 1.82) is 0 Å². The van der Waals surface area contributed by atoms with E-state index in [2.05, 4.69) is 4.90 Å². The Balaban J connectivity index is 1.63. The Morgan fingerprint density at radius 1 is 1.14 bits per heavy atom. The van der Waals surface area contributed by atoms with Gasteiger partial charge in [0.1, 0.15) is 0 Å². The second-order valence-electron chi connectivity index (χ2n) is 8.49. The Labute approximate surface area is 172 Å². The molecular formula is C19H32N4O5S. The maximum atomic E-state index is 13.0. The third-order valence-corrected chi connectivity index (χ3v) is 7.74. The van der Waals surface area contributed by atoms with E-state index in [1.165, 1.54) is 0 Å². The van der Waals surface area contributed by atoms with Crippen molar-refractivity contribution in [2.45, 2.75) is 57.5 Å². The number of rotatable bonds is 7. The second kappa shape index (κ2) is 8.59. The molecule has 3 rings (SSSR count). The van der Waals surface area contributed by atoms with Gasteiger partial charge < -0.3 is 15.5 Å². The monoisotopic (exact) mass is 428 g/mol. The summed E-state index contributed by atoms with van der Waals surface area (Å²) in [7, 11) is -3.65. The molecule has 3 aliphatic rings. The predicted octanol–water partition coefficient (Wildman–Crippen LogP) is -0.239. The summed E-state index contributed by atoms with van der Waals surface area (Å²) >= 11 is 0. The number of hydrogen-bond acceptors (Lipinski definition) is 6. The molecule has 3 aliphatic heterocycles. The Bertz CT molecular complexity index is 763. The molecule has 0 aromatic rings. The van der Waals surface area contributed by atoms with E-state index in [4.69, 9.17) is 5.73 Å². The molecule has 0 aliphatic carbocycles. The first kappa shape index (κ1) is 22.0. The van der Waals surface area contributed by atoms with E-state index in [0.717, 1.165) is 30.1 Å². The van der Waals surface area contributed by atoms with Crippen LogP contribution in [0.15, 0.2) is 0 Å². The summed E-state index contributed by atoms with van der Waals surface area (Å²) < 4.78 is 25.4. The van der Waals surface area contributed by atoms with Crippen molar-refractivity contribution >= 4 is 27.7 Å². The Kier molecular flexibility index (Phi) is 6.52. The quantitative estimate of drug-likeness (QED) is 0.597. The van der Waals surface area contributed by atoms with Crippen molar-refractivity contribution in [1.82, 2.24) is 14.1 Å². The first-order valence-electron chi connectivity index (χ1n) is 10.5. The maximum Gasteiger partial charge on any atom is 0.241 e. The van der Waals surface area contributed by atoms with Gasteiger partial charge in [-0.1, -0.05) is 13.3 Å². The van der Waals surface area contributed by atoms with Gasteiger partial charge in [-0.15, -0.1) is 0 Å². The van der Waals surface area contributed by atoms with Gasteiger partial charge in [-0.05, 0) is 38.8 Å². The summed E-state index contributed by atoms with van der Waals surface area (Å²) in [6.45, 7) is 4.53. The molecule has 0 spiro atoms. The largest absolute Gasteiger partial charge is 0.369 e. The van der Waals surface area contributed by atoms with Crippen molar-refractivity contribution in [3.63, 3.8) is 0 Å². The Morgan fingerprint density at radius 2 is 1.79 bits per heavy atom. The van der Waals surface area contributed by atoms with Gasteiger partial charge in [-0.3, -0.25) is 14.4 Å². The first-order valence-corrected chi connectivity index (χ1v) is 12.3. The fourth-order valence-electron chi connectivity index (χ4n) is 5.16. The molecule has 29 heavy (non-hydrogen) atoms. The summed E-state index contributed by atoms with van der Waals surface area (Å²) in [6.07, 6.45) is 4.67. The lowest BCUT2D eigenvalue weighted by molar-refractivity contribution is -0.134. The topological polar surface area (TPSA) is 121 Å². The average molecular weight is 429 g/mol. The summed E-state index contributed by atoms with van der Waals surface area (Å²) in [5, 5.41) is 0. The van der Waals surface area contributed by atoms with Gasteiger partial charge in [0.15, 0.2) is 0 Å². The fraction of sp³-hybridized carbons (Fsp3) is 0.842. The number of hydrogen-bond donors (Lipinski definition) is 1. The molecule has 3 atom stereocenters. The van der Waals surface area contributed by atoms with Crippen LogP contribution >= 0.6 is 0 Å². The first-order chi connectivity index (χ1) is 13.6. The van der Waals surface area contributed by atoms with Crippen LogP contribution in [0.1, 0.15) is 45.4 Å². The van der Waals surface area contributed by atoms with Crippen LogP contribution in [-0.4, -0.2) is 84.8 Å². The summed E-state index contributed by atoms with van der Waals surface area (Å²) in [5.41, 5.74) is 5.37. The number of nitrogens with zero attached hydrogens (tertiary/aromatic N) is 3. The number of carbonyl (C=O) groups excluding carboxylic acids is 3. The number of fused-ring (bicyclic) bond motifs is 1. The van der Waals surface area contributed by atoms with Crippen LogP contribution < -0.4 is 5.73 Å². The molecular weight excluding hydrogens is 396 g/mol. The van der Waals surface area contributed by atoms with E-state index in [-0.39, 0.29) is 29.7 Å². The van der Waals surface area contributed by atoms with Crippen LogP contribution in [0.5, 0.6) is 0 Å². The number of likely N-dealkylation sites (tertiary alicyclic amines) is 2. The molecule has 0 saturated carbocycles. The zero-order chi connectivity index (χ0) is 21.3. The van der Waals surface area contributed by atoms with Crippen LogP contribution in [0.25, 0.3) is 0 Å². The van der Waals surface area contributed by atoms with Gasteiger partial charge in [-0.2, -0.15) is 0 Å². The number of piperidine rings is 1. The highest BCUT2D eigenvalue weighted by Crippen LogP contribution is 2.40. The van der Waals surface area contributed by atoms with Crippen molar-refractivity contribution in [2.75, 3.05) is 32.4 Å². The van der Waals surface area contributed by atoms with Crippen molar-refractivity contribution < 1.29 is 22.8 Å². The van der Waals surface area contributed by atoms with E-state index < -0.39 is 22.0 Å². The maximum absolute atomic E-state index is 13.0. The lowest BCUT2D eigenvalue weighted by atomic mass is 9.94. The highest BCUT2D eigenvalue weighted by Gasteiger charge is 2.56. The highest BCUT2D eigenvalue weighted by molar-refractivity contribution is 7.88. The van der Waals surface area contributed by atoms with Gasteiger partial charge in [0.2, 0.25) is 27.7 Å². The number of carbonyl (C=O) groups is 3. The van der Waals surface area contributed by atoms with E-state index in [0.29, 0.717) is 45.2 Å². The average Bonchev–Trinajstić information content (AvgIpc) is 3.18. The van der Waals surface area contributed by atoms with Gasteiger partial charge in [0.05, 0.1) is 24.3 Å². The van der Waals surface area contributed by atoms with Crippen molar-refractivity contribution in [3.05, 3.63) is 0 Å². The van der Waals surface area contributed by atoms with E-state index in [1.807, 2.05) is 6.92 Å². The molecule has 9 nitrogen and oxygen atoms in total. The molecule has 3 amide bonds. The van der Waals surface area contributed by atoms with E-state index >= 15 is 0 Å². The van der Waals surface area contributed by atoms with Gasteiger partial charge in [0.25, 0.3) is 0 Å². The summed E-state index contributed by atoms with van der Waals surface area (Å²) in [6, 6.07) is -0.797. The minimum Gasteiger partial charge on any atom is -0.369 e. The van der Waals surface area contributed by atoms with Crippen LogP contribution in [0.4, 0.5) is 0 Å². The number of amides is 3. The molecule has 0 radical (unpaired) electrons. The highest BCUT2D eigenvalue weighted by atomic mass is 32.2. The normalized spacial score (nSPS) is 28.8. The van der Waals surface area contributed by atoms with Gasteiger partial charge >= 0.3 is 0 Å². The third kappa shape index (κ3) is 4.42. The fourth-order valence-corrected chi connectivity index (χ4v) is 6.34. The van der Waals surface area contributed by atoms with Crippen LogP contribution in [0.3, 0.4) is 0 Å². The minimum atomic E-state index is -3.65. The zero-order valence-electron chi connectivity index (χ0n) is 17.2. The van der Waals surface area contributed by atoms with Crippen molar-refractivity contribution in [3.8, 4) is 0 Å².